The first-order valence-corrected chi connectivity index (χ1v) is 6.75. The second-order valence-electron chi connectivity index (χ2n) is 4.90. The summed E-state index contributed by atoms with van der Waals surface area (Å²) in [5, 5.41) is 12.9. The van der Waals surface area contributed by atoms with E-state index in [1.54, 1.807) is 0 Å². The van der Waals surface area contributed by atoms with Crippen LogP contribution in [-0.4, -0.2) is 30.9 Å². The first kappa shape index (κ1) is 15.0. The van der Waals surface area contributed by atoms with Gasteiger partial charge in [-0.05, 0) is 36.6 Å². The van der Waals surface area contributed by atoms with E-state index in [0.717, 1.165) is 18.7 Å². The zero-order chi connectivity index (χ0) is 13.4. The summed E-state index contributed by atoms with van der Waals surface area (Å²) in [4.78, 5) is 0. The molecule has 0 saturated heterocycles. The van der Waals surface area contributed by atoms with Gasteiger partial charge in [-0.2, -0.15) is 0 Å². The van der Waals surface area contributed by atoms with Crippen molar-refractivity contribution in [1.82, 2.24) is 5.32 Å². The minimum Gasteiger partial charge on any atom is -0.491 e. The van der Waals surface area contributed by atoms with Gasteiger partial charge in [0.05, 0.1) is 0 Å². The van der Waals surface area contributed by atoms with Gasteiger partial charge < -0.3 is 15.2 Å². The first-order valence-electron chi connectivity index (χ1n) is 6.75. The van der Waals surface area contributed by atoms with Crippen LogP contribution in [0.3, 0.4) is 0 Å². The number of aliphatic hydroxyl groups is 1. The molecular weight excluding hydrogens is 226 g/mol. The van der Waals surface area contributed by atoms with Gasteiger partial charge in [0.1, 0.15) is 18.5 Å². The highest BCUT2D eigenvalue weighted by Gasteiger charge is 2.05. The highest BCUT2D eigenvalue weighted by molar-refractivity contribution is 5.30. The lowest BCUT2D eigenvalue weighted by molar-refractivity contribution is 0.106. The van der Waals surface area contributed by atoms with E-state index in [1.165, 1.54) is 5.56 Å². The van der Waals surface area contributed by atoms with Gasteiger partial charge in [0.15, 0.2) is 0 Å². The normalized spacial score (nSPS) is 12.7. The Kier molecular flexibility index (Phi) is 6.76. The number of ether oxygens (including phenoxy) is 1. The van der Waals surface area contributed by atoms with E-state index < -0.39 is 6.10 Å². The number of rotatable bonds is 8. The SMILES string of the molecule is CCCNCC(O)COc1cccc(C(C)C)c1. The summed E-state index contributed by atoms with van der Waals surface area (Å²) in [6.45, 7) is 8.26. The predicted molar refractivity (Wildman–Crippen MR) is 75.2 cm³/mol. The number of hydrogen-bond acceptors (Lipinski definition) is 3. The molecular formula is C15H25NO2. The average Bonchev–Trinajstić information content (AvgIpc) is 2.37. The summed E-state index contributed by atoms with van der Waals surface area (Å²) in [6, 6.07) is 8.05. The van der Waals surface area contributed by atoms with Gasteiger partial charge in [0.25, 0.3) is 0 Å². The molecule has 0 saturated carbocycles. The fourth-order valence-corrected chi connectivity index (χ4v) is 1.66. The number of hydrogen-bond donors (Lipinski definition) is 2. The molecule has 3 heteroatoms. The summed E-state index contributed by atoms with van der Waals surface area (Å²) in [5.41, 5.74) is 1.26. The topological polar surface area (TPSA) is 41.5 Å². The Bertz CT molecular complexity index is 339. The van der Waals surface area contributed by atoms with E-state index in [4.69, 9.17) is 4.74 Å². The van der Waals surface area contributed by atoms with Crippen LogP contribution in [0.5, 0.6) is 5.75 Å². The molecule has 1 aromatic rings. The molecule has 0 aliphatic heterocycles. The summed E-state index contributed by atoms with van der Waals surface area (Å²) in [7, 11) is 0. The summed E-state index contributed by atoms with van der Waals surface area (Å²) in [5.74, 6) is 1.32. The van der Waals surface area contributed by atoms with Gasteiger partial charge >= 0.3 is 0 Å². The van der Waals surface area contributed by atoms with Gasteiger partial charge in [0, 0.05) is 6.54 Å². The van der Waals surface area contributed by atoms with Gasteiger partial charge in [-0.3, -0.25) is 0 Å². The lowest BCUT2D eigenvalue weighted by Gasteiger charge is -2.14. The van der Waals surface area contributed by atoms with Crippen LogP contribution in [0.1, 0.15) is 38.7 Å². The fraction of sp³-hybridized carbons (Fsp3) is 0.600. The molecule has 1 rings (SSSR count). The van der Waals surface area contributed by atoms with Crippen LogP contribution in [0.4, 0.5) is 0 Å². The Morgan fingerprint density at radius 1 is 1.33 bits per heavy atom. The molecule has 0 bridgehead atoms. The smallest absolute Gasteiger partial charge is 0.119 e. The second kappa shape index (κ2) is 8.11. The van der Waals surface area contributed by atoms with Crippen molar-refractivity contribution in [3.8, 4) is 5.75 Å². The molecule has 102 valence electrons. The van der Waals surface area contributed by atoms with Crippen LogP contribution in [0.2, 0.25) is 0 Å². The van der Waals surface area contributed by atoms with Crippen molar-refractivity contribution in [2.24, 2.45) is 0 Å². The Morgan fingerprint density at radius 2 is 2.11 bits per heavy atom. The Hall–Kier alpha value is -1.06. The van der Waals surface area contributed by atoms with Gasteiger partial charge in [0.2, 0.25) is 0 Å². The highest BCUT2D eigenvalue weighted by Crippen LogP contribution is 2.20. The Balaban J connectivity index is 2.36. The van der Waals surface area contributed by atoms with E-state index in [2.05, 4.69) is 32.2 Å². The Labute approximate surface area is 110 Å². The van der Waals surface area contributed by atoms with Crippen molar-refractivity contribution < 1.29 is 9.84 Å². The molecule has 1 unspecified atom stereocenters. The molecule has 0 amide bonds. The largest absolute Gasteiger partial charge is 0.491 e. The molecule has 3 nitrogen and oxygen atoms in total. The maximum Gasteiger partial charge on any atom is 0.119 e. The first-order chi connectivity index (χ1) is 8.63. The van der Waals surface area contributed by atoms with Crippen molar-refractivity contribution in [3.63, 3.8) is 0 Å². The zero-order valence-electron chi connectivity index (χ0n) is 11.6. The quantitative estimate of drug-likeness (QED) is 0.698. The third-order valence-electron chi connectivity index (χ3n) is 2.77. The molecule has 0 spiro atoms. The molecule has 0 aliphatic carbocycles. The van der Waals surface area contributed by atoms with E-state index in [-0.39, 0.29) is 0 Å². The van der Waals surface area contributed by atoms with Crippen molar-refractivity contribution in [1.29, 1.82) is 0 Å². The average molecular weight is 251 g/mol. The fourth-order valence-electron chi connectivity index (χ4n) is 1.66. The molecule has 1 aromatic carbocycles. The van der Waals surface area contributed by atoms with Gasteiger partial charge in [-0.1, -0.05) is 32.9 Å². The van der Waals surface area contributed by atoms with Crippen LogP contribution < -0.4 is 10.1 Å². The predicted octanol–water partition coefficient (Wildman–Crippen LogP) is 2.55. The van der Waals surface area contributed by atoms with Gasteiger partial charge in [-0.25, -0.2) is 0 Å². The van der Waals surface area contributed by atoms with Crippen LogP contribution in [0, 0.1) is 0 Å². The van der Waals surface area contributed by atoms with Crippen LogP contribution >= 0.6 is 0 Å². The van der Waals surface area contributed by atoms with Crippen LogP contribution in [0.25, 0.3) is 0 Å². The lowest BCUT2D eigenvalue weighted by atomic mass is 10.0. The summed E-state index contributed by atoms with van der Waals surface area (Å²) >= 11 is 0. The minimum atomic E-state index is -0.459. The van der Waals surface area contributed by atoms with Crippen LogP contribution in [0.15, 0.2) is 24.3 Å². The minimum absolute atomic E-state index is 0.332. The molecule has 2 N–H and O–H groups in total. The maximum absolute atomic E-state index is 9.73. The molecule has 0 fully saturated rings. The third kappa shape index (κ3) is 5.52. The van der Waals surface area contributed by atoms with Crippen molar-refractivity contribution in [2.45, 2.75) is 39.2 Å². The van der Waals surface area contributed by atoms with Crippen molar-refractivity contribution >= 4 is 0 Å². The molecule has 0 aromatic heterocycles. The maximum atomic E-state index is 9.73. The van der Waals surface area contributed by atoms with E-state index in [1.807, 2.05) is 18.2 Å². The lowest BCUT2D eigenvalue weighted by Crippen LogP contribution is -2.31. The standard InChI is InChI=1S/C15H25NO2/c1-4-8-16-10-14(17)11-18-15-7-5-6-13(9-15)12(2)3/h5-7,9,12,14,16-17H,4,8,10-11H2,1-3H3. The number of nitrogens with one attached hydrogen (secondary N) is 1. The van der Waals surface area contributed by atoms with Crippen LogP contribution in [-0.2, 0) is 0 Å². The van der Waals surface area contributed by atoms with Crippen molar-refractivity contribution in [2.75, 3.05) is 19.7 Å². The number of aliphatic hydroxyl groups excluding tert-OH is 1. The third-order valence-corrected chi connectivity index (χ3v) is 2.77. The monoisotopic (exact) mass is 251 g/mol. The molecule has 0 aliphatic rings. The Morgan fingerprint density at radius 3 is 2.78 bits per heavy atom. The van der Waals surface area contributed by atoms with E-state index >= 15 is 0 Å². The van der Waals surface area contributed by atoms with Crippen molar-refractivity contribution in [3.05, 3.63) is 29.8 Å². The van der Waals surface area contributed by atoms with E-state index in [9.17, 15) is 5.11 Å². The molecule has 0 radical (unpaired) electrons. The number of benzene rings is 1. The zero-order valence-corrected chi connectivity index (χ0v) is 11.6. The highest BCUT2D eigenvalue weighted by atomic mass is 16.5. The molecule has 18 heavy (non-hydrogen) atoms. The second-order valence-corrected chi connectivity index (χ2v) is 4.90. The van der Waals surface area contributed by atoms with Gasteiger partial charge in [-0.15, -0.1) is 0 Å². The van der Waals surface area contributed by atoms with E-state index in [0.29, 0.717) is 19.1 Å². The molecule has 0 heterocycles. The molecule has 1 atom stereocenters. The summed E-state index contributed by atoms with van der Waals surface area (Å²) < 4.78 is 5.60. The summed E-state index contributed by atoms with van der Waals surface area (Å²) in [6.07, 6.45) is 0.614.